The third kappa shape index (κ3) is 3.41. The van der Waals surface area contributed by atoms with E-state index in [9.17, 15) is 9.59 Å². The maximum absolute atomic E-state index is 11.6. The third-order valence-electron chi connectivity index (χ3n) is 2.42. The molecule has 18 heavy (non-hydrogen) atoms. The number of carbonyl (C=O) groups is 2. The molecule has 0 saturated carbocycles. The van der Waals surface area contributed by atoms with Crippen LogP contribution in [0.5, 0.6) is 0 Å². The Hall–Kier alpha value is -2.18. The fourth-order valence-electron chi connectivity index (χ4n) is 1.20. The summed E-state index contributed by atoms with van der Waals surface area (Å²) < 4.78 is 4.60. The van der Waals surface area contributed by atoms with Crippen LogP contribution in [0, 0.1) is 0 Å². The van der Waals surface area contributed by atoms with Crippen LogP contribution in [-0.4, -0.2) is 54.0 Å². The largest absolute Gasteiger partial charge is 0.465 e. The van der Waals surface area contributed by atoms with Gasteiger partial charge in [-0.15, -0.1) is 0 Å². The molecule has 0 aliphatic rings. The summed E-state index contributed by atoms with van der Waals surface area (Å²) >= 11 is 0. The zero-order valence-electron chi connectivity index (χ0n) is 10.6. The molecule has 0 aliphatic heterocycles. The summed E-state index contributed by atoms with van der Waals surface area (Å²) in [6, 6.07) is 0. The number of nitrogens with one attached hydrogen (secondary N) is 1. The lowest BCUT2D eigenvalue weighted by Gasteiger charge is -2.15. The minimum absolute atomic E-state index is 0.0609. The van der Waals surface area contributed by atoms with Gasteiger partial charge in [0.1, 0.15) is 17.7 Å². The number of carbonyl (C=O) groups excluding carboxylic acids is 2. The van der Waals surface area contributed by atoms with Gasteiger partial charge < -0.3 is 15.0 Å². The molecule has 0 fully saturated rings. The first-order valence-corrected chi connectivity index (χ1v) is 5.46. The Balaban J connectivity index is 2.73. The molecule has 98 valence electrons. The van der Waals surface area contributed by atoms with Crippen LogP contribution >= 0.6 is 0 Å². The van der Waals surface area contributed by atoms with Gasteiger partial charge in [0.25, 0.3) is 0 Å². The Morgan fingerprint density at radius 3 is 2.83 bits per heavy atom. The Kier molecular flexibility index (Phi) is 5.04. The second-order valence-corrected chi connectivity index (χ2v) is 3.54. The molecule has 0 aromatic carbocycles. The standard InChI is InChI=1S/C11H16N4O3/c1-4-15(2)9(16)6-13-10-8(11(17)18-3)5-12-7-14-10/h5,7H,4,6H2,1-3H3,(H,12,13,14). The van der Waals surface area contributed by atoms with Crippen LogP contribution < -0.4 is 5.32 Å². The molecule has 0 aliphatic carbocycles. The van der Waals surface area contributed by atoms with Crippen molar-refractivity contribution in [2.75, 3.05) is 32.6 Å². The molecule has 1 heterocycles. The van der Waals surface area contributed by atoms with Gasteiger partial charge in [-0.3, -0.25) is 4.79 Å². The van der Waals surface area contributed by atoms with Crippen molar-refractivity contribution < 1.29 is 14.3 Å². The number of anilines is 1. The van der Waals surface area contributed by atoms with Crippen molar-refractivity contribution in [3.05, 3.63) is 18.1 Å². The van der Waals surface area contributed by atoms with Gasteiger partial charge in [0.2, 0.25) is 5.91 Å². The zero-order chi connectivity index (χ0) is 13.5. The van der Waals surface area contributed by atoms with E-state index in [2.05, 4.69) is 20.0 Å². The lowest BCUT2D eigenvalue weighted by Crippen LogP contribution is -2.32. The van der Waals surface area contributed by atoms with E-state index in [-0.39, 0.29) is 23.8 Å². The number of nitrogens with zero attached hydrogens (tertiary/aromatic N) is 3. The van der Waals surface area contributed by atoms with Crippen molar-refractivity contribution in [1.82, 2.24) is 14.9 Å². The summed E-state index contributed by atoms with van der Waals surface area (Å²) in [6.07, 6.45) is 2.64. The highest BCUT2D eigenvalue weighted by molar-refractivity contribution is 5.94. The number of ether oxygens (including phenoxy) is 1. The molecule has 0 spiro atoms. The summed E-state index contributed by atoms with van der Waals surface area (Å²) in [4.78, 5) is 32.3. The second-order valence-electron chi connectivity index (χ2n) is 3.54. The van der Waals surface area contributed by atoms with Gasteiger partial charge in [0.05, 0.1) is 13.7 Å². The molecule has 7 nitrogen and oxygen atoms in total. The molecule has 1 amide bonds. The van der Waals surface area contributed by atoms with E-state index >= 15 is 0 Å². The number of amides is 1. The second kappa shape index (κ2) is 6.53. The molecule has 0 atom stereocenters. The molecule has 1 aromatic heterocycles. The maximum atomic E-state index is 11.6. The summed E-state index contributed by atoms with van der Waals surface area (Å²) in [7, 11) is 2.97. The fourth-order valence-corrected chi connectivity index (χ4v) is 1.20. The maximum Gasteiger partial charge on any atom is 0.343 e. The first kappa shape index (κ1) is 13.9. The number of hydrogen-bond donors (Lipinski definition) is 1. The summed E-state index contributed by atoms with van der Waals surface area (Å²) in [5, 5.41) is 2.80. The summed E-state index contributed by atoms with van der Waals surface area (Å²) in [5.74, 6) is -0.351. The van der Waals surface area contributed by atoms with Crippen LogP contribution in [0.2, 0.25) is 0 Å². The molecule has 0 saturated heterocycles. The van der Waals surface area contributed by atoms with Gasteiger partial charge in [-0.05, 0) is 6.92 Å². The van der Waals surface area contributed by atoms with Gasteiger partial charge in [0, 0.05) is 19.8 Å². The predicted octanol–water partition coefficient (Wildman–Crippen LogP) is 0.153. The molecule has 0 bridgehead atoms. The topological polar surface area (TPSA) is 84.4 Å². The lowest BCUT2D eigenvalue weighted by atomic mass is 10.3. The number of rotatable bonds is 5. The van der Waals surface area contributed by atoms with Crippen molar-refractivity contribution in [2.24, 2.45) is 0 Å². The Morgan fingerprint density at radius 1 is 1.50 bits per heavy atom. The van der Waals surface area contributed by atoms with E-state index < -0.39 is 5.97 Å². The highest BCUT2D eigenvalue weighted by Crippen LogP contribution is 2.10. The first-order valence-electron chi connectivity index (χ1n) is 5.46. The molecule has 7 heteroatoms. The zero-order valence-corrected chi connectivity index (χ0v) is 10.6. The average Bonchev–Trinajstić information content (AvgIpc) is 2.43. The number of likely N-dealkylation sites (N-methyl/N-ethyl adjacent to an activating group) is 1. The molecule has 1 N–H and O–H groups in total. The molecule has 1 rings (SSSR count). The highest BCUT2D eigenvalue weighted by atomic mass is 16.5. The Morgan fingerprint density at radius 2 is 2.22 bits per heavy atom. The first-order chi connectivity index (χ1) is 8.60. The van der Waals surface area contributed by atoms with Crippen LogP contribution in [0.3, 0.4) is 0 Å². The number of methoxy groups -OCH3 is 1. The summed E-state index contributed by atoms with van der Waals surface area (Å²) in [5.41, 5.74) is 0.201. The van der Waals surface area contributed by atoms with Gasteiger partial charge in [-0.1, -0.05) is 0 Å². The van der Waals surface area contributed by atoms with Crippen LogP contribution in [-0.2, 0) is 9.53 Å². The van der Waals surface area contributed by atoms with E-state index in [0.717, 1.165) is 0 Å². The van der Waals surface area contributed by atoms with Crippen molar-refractivity contribution >= 4 is 17.7 Å². The van der Waals surface area contributed by atoms with Crippen molar-refractivity contribution in [2.45, 2.75) is 6.92 Å². The van der Waals surface area contributed by atoms with Gasteiger partial charge in [-0.25, -0.2) is 14.8 Å². The van der Waals surface area contributed by atoms with Gasteiger partial charge in [-0.2, -0.15) is 0 Å². The van der Waals surface area contributed by atoms with Crippen molar-refractivity contribution in [3.63, 3.8) is 0 Å². The van der Waals surface area contributed by atoms with Crippen LogP contribution in [0.1, 0.15) is 17.3 Å². The number of esters is 1. The average molecular weight is 252 g/mol. The molecule has 0 unspecified atom stereocenters. The van der Waals surface area contributed by atoms with Crippen molar-refractivity contribution in [3.8, 4) is 0 Å². The minimum Gasteiger partial charge on any atom is -0.465 e. The monoisotopic (exact) mass is 252 g/mol. The molecular formula is C11H16N4O3. The Labute approximate surface area is 105 Å². The van der Waals surface area contributed by atoms with Crippen LogP contribution in [0.25, 0.3) is 0 Å². The smallest absolute Gasteiger partial charge is 0.343 e. The van der Waals surface area contributed by atoms with E-state index in [4.69, 9.17) is 0 Å². The predicted molar refractivity (Wildman–Crippen MR) is 65.2 cm³/mol. The molecule has 1 aromatic rings. The minimum atomic E-state index is -0.547. The fraction of sp³-hybridized carbons (Fsp3) is 0.455. The van der Waals surface area contributed by atoms with E-state index in [1.807, 2.05) is 6.92 Å². The molecular weight excluding hydrogens is 236 g/mol. The third-order valence-corrected chi connectivity index (χ3v) is 2.42. The lowest BCUT2D eigenvalue weighted by molar-refractivity contribution is -0.127. The van der Waals surface area contributed by atoms with E-state index in [1.54, 1.807) is 11.9 Å². The summed E-state index contributed by atoms with van der Waals surface area (Å²) in [6.45, 7) is 2.56. The van der Waals surface area contributed by atoms with Gasteiger partial charge >= 0.3 is 5.97 Å². The normalized spacial score (nSPS) is 9.72. The van der Waals surface area contributed by atoms with E-state index in [0.29, 0.717) is 6.54 Å². The molecule has 0 radical (unpaired) electrons. The van der Waals surface area contributed by atoms with Crippen molar-refractivity contribution in [1.29, 1.82) is 0 Å². The van der Waals surface area contributed by atoms with Gasteiger partial charge in [0.15, 0.2) is 0 Å². The SMILES string of the molecule is CCN(C)C(=O)CNc1ncncc1C(=O)OC. The Bertz CT molecular complexity index is 436. The quantitative estimate of drug-likeness (QED) is 0.751. The number of aromatic nitrogens is 2. The van der Waals surface area contributed by atoms with E-state index in [1.165, 1.54) is 19.6 Å². The van der Waals surface area contributed by atoms with Crippen LogP contribution in [0.15, 0.2) is 12.5 Å². The highest BCUT2D eigenvalue weighted by Gasteiger charge is 2.14. The number of hydrogen-bond acceptors (Lipinski definition) is 6. The van der Waals surface area contributed by atoms with Crippen LogP contribution in [0.4, 0.5) is 5.82 Å².